The number of aliphatic carboxylic acids is 2. The molecule has 0 aromatic rings. The van der Waals surface area contributed by atoms with Gasteiger partial charge in [0.2, 0.25) is 5.91 Å². The third-order valence-corrected chi connectivity index (χ3v) is 10.6. The lowest BCUT2D eigenvalue weighted by molar-refractivity contribution is -0.348. The van der Waals surface area contributed by atoms with E-state index in [1.165, 1.54) is 12.2 Å². The van der Waals surface area contributed by atoms with E-state index in [9.17, 15) is 44.7 Å². The average Bonchev–Trinajstić information content (AvgIpc) is 3.56. The molecule has 6 unspecified atom stereocenters. The Morgan fingerprint density at radius 3 is 2.09 bits per heavy atom. The van der Waals surface area contributed by atoms with Gasteiger partial charge in [0.15, 0.2) is 30.9 Å². The van der Waals surface area contributed by atoms with Gasteiger partial charge in [-0.3, -0.25) is 4.79 Å². The number of carbonyl (C=O) groups excluding carboxylic acids is 2. The highest BCUT2D eigenvalue weighted by Gasteiger charge is 2.55. The summed E-state index contributed by atoms with van der Waals surface area (Å²) in [4.78, 5) is 48.1. The van der Waals surface area contributed by atoms with Crippen molar-refractivity contribution in [1.82, 2.24) is 10.6 Å². The molecule has 0 aliphatic carbocycles. The third kappa shape index (κ3) is 11.6. The molecule has 7 N–H and O–H groups in total. The van der Waals surface area contributed by atoms with Crippen LogP contribution in [-0.2, 0) is 47.5 Å². The largest absolute Gasteiger partial charge is 0.479 e. The van der Waals surface area contributed by atoms with Crippen LogP contribution in [0.25, 0.3) is 0 Å². The second-order valence-corrected chi connectivity index (χ2v) is 13.7. The number of carbonyl (C=O) groups is 4. The van der Waals surface area contributed by atoms with Gasteiger partial charge in [0.1, 0.15) is 30.5 Å². The number of unbranched alkanes of at least 4 members (excludes halogenated alkanes) is 1. The van der Waals surface area contributed by atoms with Gasteiger partial charge in [-0.25, -0.2) is 14.4 Å². The molecule has 3 fully saturated rings. The van der Waals surface area contributed by atoms with Gasteiger partial charge in [0.05, 0.1) is 13.2 Å². The number of aliphatic hydroxyl groups excluding tert-OH is 3. The molecule has 11 atom stereocenters. The van der Waals surface area contributed by atoms with E-state index in [4.69, 9.17) is 33.2 Å². The molecule has 2 amide bonds. The minimum atomic E-state index is -1.96. The van der Waals surface area contributed by atoms with Gasteiger partial charge in [0, 0.05) is 44.7 Å². The van der Waals surface area contributed by atoms with E-state index in [0.29, 0.717) is 18.2 Å². The van der Waals surface area contributed by atoms with Crippen molar-refractivity contribution in [1.29, 1.82) is 0 Å². The average molecular weight is 717 g/mol. The number of amides is 2. The lowest BCUT2D eigenvalue weighted by Crippen LogP contribution is -2.66. The molecule has 20 heteroatoms. The van der Waals surface area contributed by atoms with Crippen LogP contribution in [0.1, 0.15) is 32.1 Å². The molecule has 3 saturated heterocycles. The van der Waals surface area contributed by atoms with Crippen molar-refractivity contribution in [2.75, 3.05) is 46.3 Å². The Morgan fingerprint density at radius 1 is 0.809 bits per heavy atom. The molecule has 3 rings (SSSR count). The molecule has 0 radical (unpaired) electrons. The third-order valence-electron chi connectivity index (χ3n) is 7.58. The monoisotopic (exact) mass is 716 g/mol. The molecule has 0 aromatic carbocycles. The smallest absolute Gasteiger partial charge is 0.407 e. The number of carboxylic acids is 2. The van der Waals surface area contributed by atoms with Gasteiger partial charge < -0.3 is 69.3 Å². The topological polar surface area (TPSA) is 258 Å². The molecule has 47 heavy (non-hydrogen) atoms. The molecule has 18 nitrogen and oxygen atoms in total. The minimum absolute atomic E-state index is 0.0273. The van der Waals surface area contributed by atoms with E-state index in [-0.39, 0.29) is 25.7 Å². The molecule has 3 aliphatic rings. The van der Waals surface area contributed by atoms with Crippen LogP contribution >= 0.6 is 21.6 Å². The fourth-order valence-corrected chi connectivity index (χ4v) is 8.15. The predicted molar refractivity (Wildman–Crippen MR) is 162 cm³/mol. The van der Waals surface area contributed by atoms with Crippen LogP contribution in [0.4, 0.5) is 4.79 Å². The van der Waals surface area contributed by atoms with Gasteiger partial charge in [0.25, 0.3) is 0 Å². The van der Waals surface area contributed by atoms with E-state index < -0.39 is 79.4 Å². The quantitative estimate of drug-likeness (QED) is 0.0641. The summed E-state index contributed by atoms with van der Waals surface area (Å²) in [6.07, 6.45) is -14.5. The highest BCUT2D eigenvalue weighted by Crippen LogP contribution is 2.40. The first-order valence-electron chi connectivity index (χ1n) is 15.1. The highest BCUT2D eigenvalue weighted by molar-refractivity contribution is 8.77. The zero-order valence-electron chi connectivity index (χ0n) is 26.0. The van der Waals surface area contributed by atoms with Crippen molar-refractivity contribution in [3.63, 3.8) is 0 Å². The first-order valence-corrected chi connectivity index (χ1v) is 17.5. The molecule has 270 valence electrons. The zero-order chi connectivity index (χ0) is 34.5. The number of hydrogen-bond acceptors (Lipinski definition) is 16. The van der Waals surface area contributed by atoms with Gasteiger partial charge in [-0.1, -0.05) is 28.0 Å². The van der Waals surface area contributed by atoms with E-state index in [0.717, 1.165) is 33.5 Å². The van der Waals surface area contributed by atoms with Crippen molar-refractivity contribution < 1.29 is 77.9 Å². The SMILES string of the molecule is CO[C@@H]1OC(C(=O)O)[C@@H](OC2O[C@@H](C(=O)O)[C@@H](OC)C(O)C2O)C(O)[C@@H]1OC(=O)NCCOCCNC(=O)CCCCC1CCSS1. The summed E-state index contributed by atoms with van der Waals surface area (Å²) >= 11 is 0. The van der Waals surface area contributed by atoms with Gasteiger partial charge in [-0.05, 0) is 19.3 Å². The molecule has 3 aliphatic heterocycles. The van der Waals surface area contributed by atoms with Crippen LogP contribution in [0.5, 0.6) is 0 Å². The van der Waals surface area contributed by atoms with Crippen molar-refractivity contribution in [2.45, 2.75) is 98.8 Å². The summed E-state index contributed by atoms with van der Waals surface area (Å²) in [7, 11) is 6.02. The van der Waals surface area contributed by atoms with Crippen LogP contribution in [0.3, 0.4) is 0 Å². The number of ether oxygens (including phenoxy) is 7. The highest BCUT2D eigenvalue weighted by atomic mass is 33.1. The number of carboxylic acid groups (broad SMARTS) is 2. The number of alkyl carbamates (subject to hydrolysis) is 1. The second-order valence-electron chi connectivity index (χ2n) is 10.9. The zero-order valence-corrected chi connectivity index (χ0v) is 27.6. The normalized spacial score (nSPS) is 34.0. The van der Waals surface area contributed by atoms with Gasteiger partial charge >= 0.3 is 18.0 Å². The molecule has 0 spiro atoms. The molecular formula is C27H44N2O16S2. The van der Waals surface area contributed by atoms with Crippen molar-refractivity contribution >= 4 is 45.5 Å². The number of hydrogen-bond donors (Lipinski definition) is 7. The van der Waals surface area contributed by atoms with Crippen LogP contribution in [0, 0.1) is 0 Å². The minimum Gasteiger partial charge on any atom is -0.479 e. The maximum atomic E-state index is 12.5. The maximum Gasteiger partial charge on any atom is 0.407 e. The summed E-state index contributed by atoms with van der Waals surface area (Å²) in [5.74, 6) is -2.08. The first kappa shape index (κ1) is 39.5. The standard InChI is InChI=1S/C27H44N2O16S2/c1-39-18-15(31)16(32)25(43-21(18)23(34)35)42-19-17(33)20(26(40-2)44-22(19)24(36)37)45-27(38)29-9-11-41-10-8-28-14(30)6-4-3-5-13-7-12-46-47-13/h13,15-22,25-26,31-33H,3-12H2,1-2H3,(H,28,30)(H,29,38)(H,34,35)(H,36,37)/t13?,15?,16?,17?,18-,19-,20-,21+,22?,25?,26+/m0/s1. The van der Waals surface area contributed by atoms with Crippen LogP contribution in [-0.4, -0.2) is 162 Å². The number of aliphatic hydroxyl groups is 3. The Kier molecular flexibility index (Phi) is 16.7. The fraction of sp³-hybridized carbons (Fsp3) is 0.852. The summed E-state index contributed by atoms with van der Waals surface area (Å²) in [6, 6.07) is 0. The lowest BCUT2D eigenvalue weighted by atomic mass is 9.96. The molecule has 0 bridgehead atoms. The Morgan fingerprint density at radius 2 is 1.47 bits per heavy atom. The summed E-state index contributed by atoms with van der Waals surface area (Å²) in [6.45, 7) is 0.521. The van der Waals surface area contributed by atoms with Crippen molar-refractivity contribution in [3.05, 3.63) is 0 Å². The summed E-state index contributed by atoms with van der Waals surface area (Å²) in [5.41, 5.74) is 0. The number of nitrogens with one attached hydrogen (secondary N) is 2. The van der Waals surface area contributed by atoms with Crippen LogP contribution in [0.15, 0.2) is 0 Å². The van der Waals surface area contributed by atoms with Gasteiger partial charge in [-0.2, -0.15) is 0 Å². The van der Waals surface area contributed by atoms with E-state index >= 15 is 0 Å². The van der Waals surface area contributed by atoms with E-state index in [1.54, 1.807) is 0 Å². The Hall–Kier alpha value is -1.98. The molecule has 0 saturated carbocycles. The first-order chi connectivity index (χ1) is 22.5. The van der Waals surface area contributed by atoms with Crippen LogP contribution in [0.2, 0.25) is 0 Å². The molecular weight excluding hydrogens is 672 g/mol. The van der Waals surface area contributed by atoms with Gasteiger partial charge in [-0.15, -0.1) is 0 Å². The second kappa shape index (κ2) is 19.9. The Bertz CT molecular complexity index is 1020. The molecule has 3 heterocycles. The number of methoxy groups -OCH3 is 2. The maximum absolute atomic E-state index is 12.5. The summed E-state index contributed by atoms with van der Waals surface area (Å²) in [5, 5.41) is 56.9. The fourth-order valence-electron chi connectivity index (χ4n) is 5.12. The molecule has 0 aromatic heterocycles. The van der Waals surface area contributed by atoms with E-state index in [1.807, 2.05) is 21.6 Å². The Labute approximate surface area is 278 Å². The van der Waals surface area contributed by atoms with E-state index in [2.05, 4.69) is 10.6 Å². The summed E-state index contributed by atoms with van der Waals surface area (Å²) < 4.78 is 36.6. The van der Waals surface area contributed by atoms with Crippen molar-refractivity contribution in [2.24, 2.45) is 0 Å². The number of rotatable bonds is 18. The predicted octanol–water partition coefficient (Wildman–Crippen LogP) is -1.32. The lowest BCUT2D eigenvalue weighted by Gasteiger charge is -2.45. The van der Waals surface area contributed by atoms with Crippen molar-refractivity contribution in [3.8, 4) is 0 Å². The Balaban J connectivity index is 1.43. The van der Waals surface area contributed by atoms with Crippen LogP contribution < -0.4 is 10.6 Å².